The topological polar surface area (TPSA) is 29.8 Å². The van der Waals surface area contributed by atoms with Crippen LogP contribution in [-0.2, 0) is 0 Å². The van der Waals surface area contributed by atoms with Gasteiger partial charge in [-0.2, -0.15) is 0 Å². The molecule has 1 aliphatic heterocycles. The Morgan fingerprint density at radius 1 is 1.24 bits per heavy atom. The van der Waals surface area contributed by atoms with E-state index < -0.39 is 0 Å². The number of pyridine rings is 1. The summed E-state index contributed by atoms with van der Waals surface area (Å²) in [4.78, 5) is 7.14. The second-order valence-electron chi connectivity index (χ2n) is 6.99. The Kier molecular flexibility index (Phi) is 4.45. The predicted octanol–water partition coefficient (Wildman–Crippen LogP) is 4.17. The first-order valence-electron chi connectivity index (χ1n) is 9.08. The zero-order valence-corrected chi connectivity index (χ0v) is 15.0. The Labute approximate surface area is 149 Å². The van der Waals surface area contributed by atoms with Crippen molar-refractivity contribution in [3.8, 4) is 17.0 Å². The maximum absolute atomic E-state index is 6.04. The summed E-state index contributed by atoms with van der Waals surface area (Å²) in [6.07, 6.45) is 7.81. The largest absolute Gasteiger partial charge is 0.493 e. The Morgan fingerprint density at radius 3 is 2.92 bits per heavy atom. The molecule has 1 aromatic carbocycles. The van der Waals surface area contributed by atoms with Gasteiger partial charge in [-0.15, -0.1) is 0 Å². The molecule has 0 aliphatic carbocycles. The number of benzene rings is 1. The highest BCUT2D eigenvalue weighted by Gasteiger charge is 2.20. The lowest BCUT2D eigenvalue weighted by Crippen LogP contribution is -2.26. The molecular weight excluding hydrogens is 310 g/mol. The van der Waals surface area contributed by atoms with Crippen molar-refractivity contribution in [2.45, 2.75) is 32.2 Å². The summed E-state index contributed by atoms with van der Waals surface area (Å²) >= 11 is 0. The maximum atomic E-state index is 6.04. The molecule has 0 radical (unpaired) electrons. The lowest BCUT2D eigenvalue weighted by Gasteiger charge is -2.19. The van der Waals surface area contributed by atoms with E-state index in [0.717, 1.165) is 41.2 Å². The van der Waals surface area contributed by atoms with E-state index in [9.17, 15) is 0 Å². The van der Waals surface area contributed by atoms with Crippen LogP contribution in [0.15, 0.2) is 48.8 Å². The van der Waals surface area contributed by atoms with Gasteiger partial charge in [-0.3, -0.25) is 0 Å². The van der Waals surface area contributed by atoms with E-state index in [4.69, 9.17) is 9.72 Å². The highest BCUT2D eigenvalue weighted by Crippen LogP contribution is 2.26. The quantitative estimate of drug-likeness (QED) is 0.701. The first kappa shape index (κ1) is 16.2. The Hall–Kier alpha value is -2.33. The summed E-state index contributed by atoms with van der Waals surface area (Å²) in [5, 5.41) is 0. The van der Waals surface area contributed by atoms with Crippen molar-refractivity contribution in [2.24, 2.45) is 0 Å². The van der Waals surface area contributed by atoms with Gasteiger partial charge < -0.3 is 14.0 Å². The number of nitrogens with zero attached hydrogens (tertiary/aromatic N) is 3. The smallest absolute Gasteiger partial charge is 0.137 e. The van der Waals surface area contributed by atoms with E-state index in [1.165, 1.54) is 19.4 Å². The maximum Gasteiger partial charge on any atom is 0.137 e. The minimum Gasteiger partial charge on any atom is -0.493 e. The zero-order valence-electron chi connectivity index (χ0n) is 15.0. The molecule has 0 spiro atoms. The van der Waals surface area contributed by atoms with E-state index in [1.807, 2.05) is 28.8 Å². The summed E-state index contributed by atoms with van der Waals surface area (Å²) in [6, 6.07) is 13.1. The number of rotatable bonds is 5. The SMILES string of the molecule is Cc1cc(-c2cn3ccccc3n2)ccc1OCCC1CCCN1C. The van der Waals surface area contributed by atoms with Crippen molar-refractivity contribution in [1.29, 1.82) is 0 Å². The molecule has 2 aromatic heterocycles. The summed E-state index contributed by atoms with van der Waals surface area (Å²) in [6.45, 7) is 4.11. The van der Waals surface area contributed by atoms with Crippen molar-refractivity contribution < 1.29 is 4.74 Å². The second kappa shape index (κ2) is 6.89. The molecule has 1 saturated heterocycles. The van der Waals surface area contributed by atoms with Crippen LogP contribution >= 0.6 is 0 Å². The molecule has 130 valence electrons. The fourth-order valence-electron chi connectivity index (χ4n) is 3.69. The molecule has 0 saturated carbocycles. The van der Waals surface area contributed by atoms with Crippen molar-refractivity contribution in [2.75, 3.05) is 20.2 Å². The monoisotopic (exact) mass is 335 g/mol. The number of aryl methyl sites for hydroxylation is 1. The summed E-state index contributed by atoms with van der Waals surface area (Å²) < 4.78 is 8.09. The van der Waals surface area contributed by atoms with Gasteiger partial charge in [0, 0.05) is 24.0 Å². The van der Waals surface area contributed by atoms with E-state index in [0.29, 0.717) is 6.04 Å². The summed E-state index contributed by atoms with van der Waals surface area (Å²) in [5.74, 6) is 0.980. The number of likely N-dealkylation sites (tertiary alicyclic amines) is 1. The lowest BCUT2D eigenvalue weighted by molar-refractivity contribution is 0.232. The standard InChI is InChI=1S/C21H25N3O/c1-16-14-17(19-15-24-12-4-3-7-21(24)22-19)8-9-20(16)25-13-10-18-6-5-11-23(18)2/h3-4,7-9,12,14-15,18H,5-6,10-11,13H2,1-2H3. The highest BCUT2D eigenvalue weighted by atomic mass is 16.5. The molecule has 1 atom stereocenters. The molecule has 0 N–H and O–H groups in total. The molecule has 0 bridgehead atoms. The number of hydrogen-bond donors (Lipinski definition) is 0. The van der Waals surface area contributed by atoms with Crippen LogP contribution in [0.4, 0.5) is 0 Å². The molecule has 4 heteroatoms. The molecule has 0 amide bonds. The Balaban J connectivity index is 1.45. The Bertz CT molecular complexity index is 837. The number of ether oxygens (including phenoxy) is 1. The minimum absolute atomic E-state index is 0.678. The molecule has 4 nitrogen and oxygen atoms in total. The van der Waals surface area contributed by atoms with Crippen LogP contribution in [0.3, 0.4) is 0 Å². The van der Waals surface area contributed by atoms with Gasteiger partial charge >= 0.3 is 0 Å². The molecule has 1 unspecified atom stereocenters. The first-order valence-corrected chi connectivity index (χ1v) is 9.08. The van der Waals surface area contributed by atoms with E-state index in [-0.39, 0.29) is 0 Å². The fraction of sp³-hybridized carbons (Fsp3) is 0.381. The van der Waals surface area contributed by atoms with Crippen LogP contribution in [0.25, 0.3) is 16.9 Å². The van der Waals surface area contributed by atoms with Crippen LogP contribution < -0.4 is 4.74 Å². The molecular formula is C21H25N3O. The van der Waals surface area contributed by atoms with Gasteiger partial charge in [-0.25, -0.2) is 4.98 Å². The summed E-state index contributed by atoms with van der Waals surface area (Å²) in [7, 11) is 2.21. The highest BCUT2D eigenvalue weighted by molar-refractivity contribution is 5.64. The van der Waals surface area contributed by atoms with Gasteiger partial charge in [0.05, 0.1) is 12.3 Å². The van der Waals surface area contributed by atoms with Gasteiger partial charge in [0.1, 0.15) is 11.4 Å². The number of aromatic nitrogens is 2. The molecule has 4 rings (SSSR count). The van der Waals surface area contributed by atoms with E-state index in [1.54, 1.807) is 0 Å². The van der Waals surface area contributed by atoms with Gasteiger partial charge in [-0.05, 0) is 75.7 Å². The summed E-state index contributed by atoms with van der Waals surface area (Å²) in [5.41, 5.74) is 4.25. The zero-order chi connectivity index (χ0) is 17.2. The van der Waals surface area contributed by atoms with Gasteiger partial charge in [-0.1, -0.05) is 6.07 Å². The third-order valence-electron chi connectivity index (χ3n) is 5.21. The van der Waals surface area contributed by atoms with Crippen LogP contribution in [0, 0.1) is 6.92 Å². The third-order valence-corrected chi connectivity index (χ3v) is 5.21. The number of imidazole rings is 1. The van der Waals surface area contributed by atoms with Crippen LogP contribution in [0.1, 0.15) is 24.8 Å². The fourth-order valence-corrected chi connectivity index (χ4v) is 3.69. The van der Waals surface area contributed by atoms with Crippen LogP contribution in [0.5, 0.6) is 5.75 Å². The average molecular weight is 335 g/mol. The van der Waals surface area contributed by atoms with E-state index in [2.05, 4.69) is 43.3 Å². The van der Waals surface area contributed by atoms with Gasteiger partial charge in [0.15, 0.2) is 0 Å². The Morgan fingerprint density at radius 2 is 2.16 bits per heavy atom. The van der Waals surface area contributed by atoms with Gasteiger partial charge in [0.2, 0.25) is 0 Å². The van der Waals surface area contributed by atoms with Crippen molar-refractivity contribution >= 4 is 5.65 Å². The van der Waals surface area contributed by atoms with Crippen LogP contribution in [0.2, 0.25) is 0 Å². The normalized spacial score (nSPS) is 18.1. The molecule has 1 fully saturated rings. The third kappa shape index (κ3) is 3.40. The van der Waals surface area contributed by atoms with Crippen molar-refractivity contribution in [3.63, 3.8) is 0 Å². The average Bonchev–Trinajstić information content (AvgIpc) is 3.22. The predicted molar refractivity (Wildman–Crippen MR) is 101 cm³/mol. The second-order valence-corrected chi connectivity index (χ2v) is 6.99. The molecule has 3 aromatic rings. The lowest BCUT2D eigenvalue weighted by atomic mass is 10.1. The molecule has 25 heavy (non-hydrogen) atoms. The molecule has 1 aliphatic rings. The minimum atomic E-state index is 0.678. The number of hydrogen-bond acceptors (Lipinski definition) is 3. The van der Waals surface area contributed by atoms with E-state index >= 15 is 0 Å². The first-order chi connectivity index (χ1) is 12.2. The van der Waals surface area contributed by atoms with Crippen molar-refractivity contribution in [3.05, 3.63) is 54.4 Å². The molecule has 3 heterocycles. The number of fused-ring (bicyclic) bond motifs is 1. The van der Waals surface area contributed by atoms with Crippen molar-refractivity contribution in [1.82, 2.24) is 14.3 Å². The van der Waals surface area contributed by atoms with Crippen LogP contribution in [-0.4, -0.2) is 40.5 Å². The van der Waals surface area contributed by atoms with Gasteiger partial charge in [0.25, 0.3) is 0 Å².